The second-order valence-electron chi connectivity index (χ2n) is 6.40. The third kappa shape index (κ3) is 2.81. The molecule has 0 heterocycles. The fraction of sp³-hybridized carbons (Fsp3) is 0.625. The van der Waals surface area contributed by atoms with E-state index in [0.29, 0.717) is 17.6 Å². The molecule has 2 bridgehead atoms. The summed E-state index contributed by atoms with van der Waals surface area (Å²) >= 11 is 0. The minimum absolute atomic E-state index is 0.0183. The van der Waals surface area contributed by atoms with Gasteiger partial charge < -0.3 is 4.74 Å². The molecule has 2 fully saturated rings. The summed E-state index contributed by atoms with van der Waals surface area (Å²) in [6.45, 7) is 2.00. The van der Waals surface area contributed by atoms with Crippen LogP contribution in [0.1, 0.15) is 32.6 Å². The van der Waals surface area contributed by atoms with Crippen LogP contribution < -0.4 is 9.46 Å². The molecule has 1 aromatic carbocycles. The molecule has 2 saturated carbocycles. The molecule has 21 heavy (non-hydrogen) atoms. The van der Waals surface area contributed by atoms with E-state index in [1.807, 2.05) is 6.92 Å². The van der Waals surface area contributed by atoms with Crippen molar-refractivity contribution in [2.24, 2.45) is 17.8 Å². The number of methoxy groups -OCH3 is 1. The lowest BCUT2D eigenvalue weighted by Gasteiger charge is -2.28. The molecule has 5 heteroatoms. The largest absolute Gasteiger partial charge is 0.495 e. The highest BCUT2D eigenvalue weighted by Crippen LogP contribution is 2.49. The Hall–Kier alpha value is -1.07. The van der Waals surface area contributed by atoms with Crippen LogP contribution in [0, 0.1) is 17.8 Å². The van der Waals surface area contributed by atoms with E-state index >= 15 is 0 Å². The van der Waals surface area contributed by atoms with Crippen LogP contribution in [0.25, 0.3) is 0 Å². The number of ether oxygens (including phenoxy) is 1. The highest BCUT2D eigenvalue weighted by Gasteiger charge is 2.42. The molecule has 2 aliphatic rings. The molecule has 0 saturated heterocycles. The van der Waals surface area contributed by atoms with Crippen molar-refractivity contribution in [3.63, 3.8) is 0 Å². The minimum atomic E-state index is -3.53. The van der Waals surface area contributed by atoms with E-state index in [-0.39, 0.29) is 10.9 Å². The molecule has 116 valence electrons. The zero-order chi connectivity index (χ0) is 15.0. The van der Waals surface area contributed by atoms with Crippen molar-refractivity contribution in [2.45, 2.75) is 43.5 Å². The van der Waals surface area contributed by atoms with Gasteiger partial charge in [-0.25, -0.2) is 13.1 Å². The number of nitrogens with one attached hydrogen (secondary N) is 1. The molecule has 4 unspecified atom stereocenters. The lowest BCUT2D eigenvalue weighted by Crippen LogP contribution is -2.40. The van der Waals surface area contributed by atoms with Crippen LogP contribution in [-0.4, -0.2) is 21.6 Å². The van der Waals surface area contributed by atoms with Gasteiger partial charge in [-0.2, -0.15) is 0 Å². The maximum absolute atomic E-state index is 12.6. The Morgan fingerprint density at radius 1 is 1.24 bits per heavy atom. The van der Waals surface area contributed by atoms with Gasteiger partial charge in [-0.15, -0.1) is 0 Å². The number of fused-ring (bicyclic) bond motifs is 2. The zero-order valence-electron chi connectivity index (χ0n) is 12.6. The predicted octanol–water partition coefficient (Wildman–Crippen LogP) is 2.80. The molecule has 0 amide bonds. The molecular formula is C16H23NO3S. The van der Waals surface area contributed by atoms with Crippen LogP contribution in [-0.2, 0) is 10.0 Å². The monoisotopic (exact) mass is 309 g/mol. The summed E-state index contributed by atoms with van der Waals surface area (Å²) in [6, 6.07) is 6.75. The second-order valence-corrected chi connectivity index (χ2v) is 8.08. The van der Waals surface area contributed by atoms with E-state index in [1.54, 1.807) is 24.3 Å². The van der Waals surface area contributed by atoms with Crippen LogP contribution in [0.4, 0.5) is 0 Å². The fourth-order valence-electron chi connectivity index (χ4n) is 4.14. The van der Waals surface area contributed by atoms with Crippen LogP contribution >= 0.6 is 0 Å². The summed E-state index contributed by atoms with van der Waals surface area (Å²) in [6.07, 6.45) is 5.04. The normalized spacial score (nSPS) is 29.5. The zero-order valence-corrected chi connectivity index (χ0v) is 13.4. The Balaban J connectivity index is 1.77. The third-order valence-corrected chi connectivity index (χ3v) is 6.73. The van der Waals surface area contributed by atoms with Crippen molar-refractivity contribution in [3.8, 4) is 5.75 Å². The van der Waals surface area contributed by atoms with Crippen LogP contribution in [0.3, 0.4) is 0 Å². The van der Waals surface area contributed by atoms with Gasteiger partial charge in [-0.3, -0.25) is 0 Å². The minimum Gasteiger partial charge on any atom is -0.495 e. The molecule has 1 aromatic rings. The fourth-order valence-corrected chi connectivity index (χ4v) is 5.61. The average Bonchev–Trinajstić information content (AvgIpc) is 3.09. The number of benzene rings is 1. The number of hydrogen-bond acceptors (Lipinski definition) is 3. The topological polar surface area (TPSA) is 55.4 Å². The quantitative estimate of drug-likeness (QED) is 0.910. The smallest absolute Gasteiger partial charge is 0.244 e. The second kappa shape index (κ2) is 5.61. The summed E-state index contributed by atoms with van der Waals surface area (Å²) in [5.41, 5.74) is 0. The van der Waals surface area contributed by atoms with E-state index in [4.69, 9.17) is 4.74 Å². The summed E-state index contributed by atoms with van der Waals surface area (Å²) in [4.78, 5) is 0.225. The highest BCUT2D eigenvalue weighted by atomic mass is 32.2. The molecule has 4 nitrogen and oxygen atoms in total. The Bertz CT molecular complexity index is 614. The van der Waals surface area contributed by atoms with Crippen LogP contribution in [0.5, 0.6) is 5.75 Å². The predicted molar refractivity (Wildman–Crippen MR) is 81.7 cm³/mol. The van der Waals surface area contributed by atoms with E-state index < -0.39 is 10.0 Å². The Labute approximate surface area is 126 Å². The Kier molecular flexibility index (Phi) is 3.97. The Morgan fingerprint density at radius 3 is 2.62 bits per heavy atom. The molecule has 3 rings (SSSR count). The standard InChI is InChI=1S/C16H23NO3S/c1-11(14-10-12-7-8-13(14)9-12)17-21(18,19)16-6-4-3-5-15(16)20-2/h3-6,11-14,17H,7-10H2,1-2H3. The summed E-state index contributed by atoms with van der Waals surface area (Å²) < 4.78 is 33.2. The molecule has 2 aliphatic carbocycles. The molecule has 0 radical (unpaired) electrons. The van der Waals surface area contributed by atoms with Crippen molar-refractivity contribution in [3.05, 3.63) is 24.3 Å². The van der Waals surface area contributed by atoms with E-state index in [9.17, 15) is 8.42 Å². The van der Waals surface area contributed by atoms with Gasteiger partial charge in [-0.05, 0) is 56.1 Å². The van der Waals surface area contributed by atoms with Crippen LogP contribution in [0.2, 0.25) is 0 Å². The third-order valence-electron chi connectivity index (χ3n) is 5.13. The first-order valence-electron chi connectivity index (χ1n) is 7.66. The lowest BCUT2D eigenvalue weighted by atomic mass is 9.84. The molecule has 4 atom stereocenters. The summed E-state index contributed by atoms with van der Waals surface area (Å²) in [7, 11) is -2.04. The van der Waals surface area contributed by atoms with E-state index in [1.165, 1.54) is 32.8 Å². The first-order valence-corrected chi connectivity index (χ1v) is 9.15. The molecule has 0 aromatic heterocycles. The molecule has 0 spiro atoms. The van der Waals surface area contributed by atoms with Gasteiger partial charge in [0.15, 0.2) is 0 Å². The van der Waals surface area contributed by atoms with Gasteiger partial charge in [0.25, 0.3) is 0 Å². The van der Waals surface area contributed by atoms with Crippen molar-refractivity contribution in [1.29, 1.82) is 0 Å². The first-order chi connectivity index (χ1) is 10.0. The first kappa shape index (κ1) is 14.9. The summed E-state index contributed by atoms with van der Waals surface area (Å²) in [5.74, 6) is 2.39. The van der Waals surface area contributed by atoms with E-state index in [2.05, 4.69) is 4.72 Å². The SMILES string of the molecule is COc1ccccc1S(=O)(=O)NC(C)C1CC2CCC1C2. The van der Waals surface area contributed by atoms with Gasteiger partial charge in [0.05, 0.1) is 7.11 Å². The van der Waals surface area contributed by atoms with Gasteiger partial charge in [0, 0.05) is 6.04 Å². The van der Waals surface area contributed by atoms with Gasteiger partial charge in [0.1, 0.15) is 10.6 Å². The number of hydrogen-bond donors (Lipinski definition) is 1. The molecular weight excluding hydrogens is 286 g/mol. The molecule has 1 N–H and O–H groups in total. The van der Waals surface area contributed by atoms with Crippen molar-refractivity contribution in [2.75, 3.05) is 7.11 Å². The maximum atomic E-state index is 12.6. The molecule has 0 aliphatic heterocycles. The summed E-state index contributed by atoms with van der Waals surface area (Å²) in [5, 5.41) is 0. The average molecular weight is 309 g/mol. The van der Waals surface area contributed by atoms with Crippen molar-refractivity contribution in [1.82, 2.24) is 4.72 Å². The number of para-hydroxylation sites is 1. The number of rotatable bonds is 5. The highest BCUT2D eigenvalue weighted by molar-refractivity contribution is 7.89. The van der Waals surface area contributed by atoms with Gasteiger partial charge >= 0.3 is 0 Å². The number of sulfonamides is 1. The van der Waals surface area contributed by atoms with E-state index in [0.717, 1.165) is 5.92 Å². The lowest BCUT2D eigenvalue weighted by molar-refractivity contribution is 0.280. The van der Waals surface area contributed by atoms with Gasteiger partial charge in [0.2, 0.25) is 10.0 Å². The van der Waals surface area contributed by atoms with Gasteiger partial charge in [-0.1, -0.05) is 18.6 Å². The maximum Gasteiger partial charge on any atom is 0.244 e. The Morgan fingerprint density at radius 2 is 2.00 bits per heavy atom. The van der Waals surface area contributed by atoms with Crippen molar-refractivity contribution < 1.29 is 13.2 Å². The van der Waals surface area contributed by atoms with Crippen LogP contribution in [0.15, 0.2) is 29.2 Å². The van der Waals surface area contributed by atoms with Crippen molar-refractivity contribution >= 4 is 10.0 Å².